The zero-order valence-corrected chi connectivity index (χ0v) is 15.0. The normalized spacial score (nSPS) is 20.9. The van der Waals surface area contributed by atoms with E-state index in [2.05, 4.69) is 5.32 Å². The van der Waals surface area contributed by atoms with Crippen LogP contribution < -0.4 is 5.32 Å². The highest BCUT2D eigenvalue weighted by molar-refractivity contribution is 7.90. The maximum absolute atomic E-state index is 12.4. The Labute approximate surface area is 142 Å². The fourth-order valence-corrected chi connectivity index (χ4v) is 4.17. The summed E-state index contributed by atoms with van der Waals surface area (Å²) in [5, 5.41) is 2.06. The van der Waals surface area contributed by atoms with Crippen LogP contribution in [0.15, 0.2) is 29.2 Å². The molecule has 8 heteroatoms. The van der Waals surface area contributed by atoms with E-state index in [1.54, 1.807) is 6.07 Å². The number of carbonyl (C=O) groups excluding carboxylic acids is 3. The van der Waals surface area contributed by atoms with Crippen LogP contribution in [0.5, 0.6) is 0 Å². The number of piperidine rings is 1. The highest BCUT2D eigenvalue weighted by Gasteiger charge is 2.48. The Morgan fingerprint density at radius 2 is 1.62 bits per heavy atom. The molecular formula is C16H22N2O5S. The molecule has 2 aliphatic rings. The van der Waals surface area contributed by atoms with Gasteiger partial charge in [-0.2, -0.15) is 0 Å². The summed E-state index contributed by atoms with van der Waals surface area (Å²) in [4.78, 5) is 35.0. The van der Waals surface area contributed by atoms with Crippen molar-refractivity contribution in [3.8, 4) is 0 Å². The Balaban J connectivity index is 0.000000671. The lowest BCUT2D eigenvalue weighted by Crippen LogP contribution is -2.54. The van der Waals surface area contributed by atoms with Crippen LogP contribution in [-0.4, -0.2) is 36.5 Å². The van der Waals surface area contributed by atoms with Crippen LogP contribution in [0.3, 0.4) is 0 Å². The summed E-state index contributed by atoms with van der Waals surface area (Å²) in [6.45, 7) is 8.00. The largest absolute Gasteiger partial charge is 0.295 e. The topological polar surface area (TPSA) is 101 Å². The molecule has 132 valence electrons. The van der Waals surface area contributed by atoms with Gasteiger partial charge in [-0.25, -0.2) is 12.7 Å². The molecule has 1 N–H and O–H groups in total. The van der Waals surface area contributed by atoms with E-state index in [4.69, 9.17) is 0 Å². The van der Waals surface area contributed by atoms with Crippen LogP contribution in [0.2, 0.25) is 0 Å². The highest BCUT2D eigenvalue weighted by Crippen LogP contribution is 2.33. The number of nitrogens with zero attached hydrogens (tertiary/aromatic N) is 1. The number of hydrogen-bond donors (Lipinski definition) is 1. The molecule has 7 nitrogen and oxygen atoms in total. The van der Waals surface area contributed by atoms with Gasteiger partial charge in [-0.3, -0.25) is 19.7 Å². The smallest absolute Gasteiger partial charge is 0.269 e. The predicted octanol–water partition coefficient (Wildman–Crippen LogP) is 1.69. The van der Waals surface area contributed by atoms with Gasteiger partial charge in [0.15, 0.2) is 0 Å². The van der Waals surface area contributed by atoms with E-state index in [1.807, 2.05) is 27.7 Å². The number of imide groups is 1. The Morgan fingerprint density at radius 1 is 1.04 bits per heavy atom. The molecule has 1 fully saturated rings. The number of nitrogens with one attached hydrogen (secondary N) is 1. The summed E-state index contributed by atoms with van der Waals surface area (Å²) >= 11 is 0. The third-order valence-corrected chi connectivity index (χ3v) is 5.20. The van der Waals surface area contributed by atoms with E-state index in [0.717, 1.165) is 0 Å². The van der Waals surface area contributed by atoms with Gasteiger partial charge in [-0.15, -0.1) is 0 Å². The average molecular weight is 354 g/mol. The summed E-state index contributed by atoms with van der Waals surface area (Å²) in [6.07, 6.45) is 0.00960. The van der Waals surface area contributed by atoms with Crippen molar-refractivity contribution in [2.75, 3.05) is 0 Å². The van der Waals surface area contributed by atoms with Crippen LogP contribution in [0, 0.1) is 0 Å². The number of carbonyl (C=O) groups is 3. The molecule has 1 atom stereocenters. The van der Waals surface area contributed by atoms with Gasteiger partial charge in [0, 0.05) is 6.42 Å². The van der Waals surface area contributed by atoms with Gasteiger partial charge >= 0.3 is 0 Å². The van der Waals surface area contributed by atoms with Crippen molar-refractivity contribution < 1.29 is 22.8 Å². The van der Waals surface area contributed by atoms with Crippen molar-refractivity contribution in [3.05, 3.63) is 29.8 Å². The zero-order valence-electron chi connectivity index (χ0n) is 14.2. The highest BCUT2D eigenvalue weighted by atomic mass is 32.2. The molecular weight excluding hydrogens is 332 g/mol. The molecule has 3 amide bonds. The molecule has 0 radical (unpaired) electrons. The van der Waals surface area contributed by atoms with Crippen molar-refractivity contribution in [1.82, 2.24) is 9.62 Å². The van der Waals surface area contributed by atoms with E-state index in [0.29, 0.717) is 4.31 Å². The zero-order chi connectivity index (χ0) is 18.5. The maximum Gasteiger partial charge on any atom is 0.269 e. The van der Waals surface area contributed by atoms with Crippen LogP contribution in [0.1, 0.15) is 50.9 Å². The summed E-state index contributed by atoms with van der Waals surface area (Å²) in [7, 11) is -4.03. The lowest BCUT2D eigenvalue weighted by Gasteiger charge is -2.28. The van der Waals surface area contributed by atoms with Crippen LogP contribution in [-0.2, 0) is 19.6 Å². The molecule has 0 aromatic heterocycles. The number of rotatable bonds is 1. The number of hydrogen-bond acceptors (Lipinski definition) is 5. The van der Waals surface area contributed by atoms with Gasteiger partial charge in [0.05, 0.1) is 5.56 Å². The minimum absolute atomic E-state index is 0.00360. The van der Waals surface area contributed by atoms with Crippen molar-refractivity contribution in [2.24, 2.45) is 0 Å². The molecule has 2 heterocycles. The van der Waals surface area contributed by atoms with Gasteiger partial charge in [-0.05, 0) is 18.6 Å². The Hall–Kier alpha value is -2.22. The van der Waals surface area contributed by atoms with Crippen LogP contribution in [0.25, 0.3) is 0 Å². The molecule has 24 heavy (non-hydrogen) atoms. The van der Waals surface area contributed by atoms with Gasteiger partial charge in [0.25, 0.3) is 21.8 Å². The minimum Gasteiger partial charge on any atom is -0.295 e. The number of benzene rings is 1. The first kappa shape index (κ1) is 19.8. The summed E-state index contributed by atoms with van der Waals surface area (Å²) in [5.41, 5.74) is 0.0530. The molecule has 1 aromatic rings. The van der Waals surface area contributed by atoms with Crippen molar-refractivity contribution in [2.45, 2.75) is 51.5 Å². The van der Waals surface area contributed by atoms with Crippen molar-refractivity contribution in [3.63, 3.8) is 0 Å². The van der Waals surface area contributed by atoms with Gasteiger partial charge in [0.1, 0.15) is 10.9 Å². The monoisotopic (exact) mass is 354 g/mol. The molecule has 1 aromatic carbocycles. The number of fused-ring (bicyclic) bond motifs is 1. The van der Waals surface area contributed by atoms with Crippen molar-refractivity contribution in [1.29, 1.82) is 0 Å². The number of sulfonamides is 1. The van der Waals surface area contributed by atoms with E-state index < -0.39 is 33.8 Å². The predicted molar refractivity (Wildman–Crippen MR) is 88.7 cm³/mol. The first-order valence-corrected chi connectivity index (χ1v) is 9.38. The third-order valence-electron chi connectivity index (χ3n) is 3.35. The Bertz CT molecular complexity index is 743. The quantitative estimate of drug-likeness (QED) is 0.774. The molecule has 0 spiro atoms. The first-order valence-electron chi connectivity index (χ1n) is 7.94. The van der Waals surface area contributed by atoms with E-state index in [-0.39, 0.29) is 23.3 Å². The third kappa shape index (κ3) is 3.33. The molecule has 0 aliphatic carbocycles. The van der Waals surface area contributed by atoms with Crippen molar-refractivity contribution >= 4 is 27.7 Å². The van der Waals surface area contributed by atoms with E-state index in [9.17, 15) is 22.8 Å². The molecule has 2 aliphatic heterocycles. The molecule has 0 saturated carbocycles. The standard InChI is InChI=1S/C12H10N2O5S.2C2H6/c15-10-6-5-8(11(16)13-10)14-12(17)7-3-1-2-4-9(7)20(14,18)19;2*1-2/h1-4,8H,5-6H2,(H,13,15,16);2*1-2H3. The van der Waals surface area contributed by atoms with Gasteiger partial charge < -0.3 is 0 Å². The molecule has 0 bridgehead atoms. The van der Waals surface area contributed by atoms with Crippen LogP contribution >= 0.6 is 0 Å². The Morgan fingerprint density at radius 3 is 2.17 bits per heavy atom. The van der Waals surface area contributed by atoms with Gasteiger partial charge in [0.2, 0.25) is 5.91 Å². The second-order valence-electron chi connectivity index (χ2n) is 4.57. The second-order valence-corrected chi connectivity index (χ2v) is 6.35. The van der Waals surface area contributed by atoms with Crippen LogP contribution in [0.4, 0.5) is 0 Å². The summed E-state index contributed by atoms with van der Waals surface area (Å²) < 4.78 is 25.3. The fourth-order valence-electron chi connectivity index (χ4n) is 2.42. The summed E-state index contributed by atoms with van der Waals surface area (Å²) in [6, 6.07) is 4.63. The number of amides is 3. The Kier molecular flexibility index (Phi) is 6.65. The maximum atomic E-state index is 12.4. The van der Waals surface area contributed by atoms with E-state index in [1.165, 1.54) is 18.2 Å². The lowest BCUT2D eigenvalue weighted by atomic mass is 10.1. The fraction of sp³-hybridized carbons (Fsp3) is 0.438. The van der Waals surface area contributed by atoms with Gasteiger partial charge in [-0.1, -0.05) is 39.8 Å². The molecule has 3 rings (SSSR count). The lowest BCUT2D eigenvalue weighted by molar-refractivity contribution is -0.135. The average Bonchev–Trinajstić information content (AvgIpc) is 2.79. The molecule has 1 unspecified atom stereocenters. The van der Waals surface area contributed by atoms with E-state index >= 15 is 0 Å². The summed E-state index contributed by atoms with van der Waals surface area (Å²) in [5.74, 6) is -1.95. The second kappa shape index (κ2) is 8.05. The minimum atomic E-state index is -4.03. The first-order chi connectivity index (χ1) is 11.4. The SMILES string of the molecule is CC.CC.O=C1CCC(N2C(=O)c3ccccc3S2(=O)=O)C(=O)N1. The molecule has 1 saturated heterocycles.